The van der Waals surface area contributed by atoms with Gasteiger partial charge in [-0.1, -0.05) is 224 Å². The molecule has 9 aromatic rings. The molecule has 0 saturated carbocycles. The molecule has 0 aliphatic carbocycles. The number of ether oxygens (including phenoxy) is 4. The van der Waals surface area contributed by atoms with Gasteiger partial charge in [0.15, 0.2) is 11.5 Å². The fraction of sp³-hybridized carbons (Fsp3) is 0.425. The van der Waals surface area contributed by atoms with Gasteiger partial charge in [0, 0.05) is 37.4 Å². The summed E-state index contributed by atoms with van der Waals surface area (Å²) in [5.74, 6) is 7.02. The summed E-state index contributed by atoms with van der Waals surface area (Å²) in [4.78, 5) is 20.7. The summed E-state index contributed by atoms with van der Waals surface area (Å²) in [5, 5.41) is 3.90. The van der Waals surface area contributed by atoms with Crippen molar-refractivity contribution in [1.29, 1.82) is 0 Å². The molecule has 4 aliphatic heterocycles. The minimum atomic E-state index is -0.452. The summed E-state index contributed by atoms with van der Waals surface area (Å²) < 4.78 is 22.0. The van der Waals surface area contributed by atoms with E-state index in [1.165, 1.54) is 103 Å². The molecule has 0 radical (unpaired) electrons. The first-order chi connectivity index (χ1) is 45.3. The molecule has 0 saturated heterocycles. The minimum Gasteiger partial charge on any atom is -0.493 e. The van der Waals surface area contributed by atoms with Crippen LogP contribution in [0.15, 0.2) is 182 Å². The van der Waals surface area contributed by atoms with Gasteiger partial charge < -0.3 is 23.8 Å². The Morgan fingerprint density at radius 3 is 1.43 bits per heavy atom. The maximum Gasteiger partial charge on any atom is 0.414 e. The van der Waals surface area contributed by atoms with Crippen LogP contribution in [0, 0.1) is 0 Å². The second kappa shape index (κ2) is 36.1. The zero-order valence-corrected chi connectivity index (χ0v) is 61.0. The van der Waals surface area contributed by atoms with Crippen molar-refractivity contribution in [2.24, 2.45) is 0 Å². The molecule has 0 fully saturated rings. The Bertz CT molecular complexity index is 3670. The molecule has 95 heavy (non-hydrogen) atoms. The number of benzene rings is 8. The van der Waals surface area contributed by atoms with Gasteiger partial charge in [-0.2, -0.15) is 0 Å². The predicted molar refractivity (Wildman–Crippen MR) is 405 cm³/mol. The number of aromatic nitrogens is 1. The van der Waals surface area contributed by atoms with Gasteiger partial charge in [-0.3, -0.25) is 9.88 Å². The highest BCUT2D eigenvalue weighted by molar-refractivity contribution is 5.89. The zero-order valence-electron chi connectivity index (χ0n) is 61.0. The van der Waals surface area contributed by atoms with Crippen LogP contribution in [0.5, 0.6) is 17.2 Å². The Morgan fingerprint density at radius 1 is 0.400 bits per heavy atom. The van der Waals surface area contributed by atoms with Crippen LogP contribution in [0.3, 0.4) is 0 Å². The van der Waals surface area contributed by atoms with Crippen molar-refractivity contribution in [3.63, 3.8) is 0 Å². The highest BCUT2D eigenvalue weighted by Gasteiger charge is 2.28. The van der Waals surface area contributed by atoms with E-state index < -0.39 is 5.60 Å². The van der Waals surface area contributed by atoms with Crippen molar-refractivity contribution in [3.8, 4) is 17.2 Å². The number of pyridine rings is 1. The van der Waals surface area contributed by atoms with E-state index in [1.807, 2.05) is 45.2 Å². The molecule has 4 aliphatic rings. The summed E-state index contributed by atoms with van der Waals surface area (Å²) in [6.07, 6.45) is 8.51. The van der Waals surface area contributed by atoms with Gasteiger partial charge in [0.2, 0.25) is 0 Å². The molecule has 0 spiro atoms. The molecule has 8 nitrogen and oxygen atoms in total. The molecule has 8 heteroatoms. The highest BCUT2D eigenvalue weighted by atomic mass is 16.6. The first-order valence-electron chi connectivity index (χ1n) is 35.4. The second-order valence-electron chi connectivity index (χ2n) is 28.8. The molecular weight excluding hydrogens is 1170 g/mol. The second-order valence-corrected chi connectivity index (χ2v) is 28.8. The van der Waals surface area contributed by atoms with Crippen molar-refractivity contribution in [2.45, 2.75) is 203 Å². The molecule has 506 valence electrons. The first kappa shape index (κ1) is 74.3. The van der Waals surface area contributed by atoms with Gasteiger partial charge in [0.1, 0.15) is 24.6 Å². The van der Waals surface area contributed by atoms with E-state index in [9.17, 15) is 4.79 Å². The summed E-state index contributed by atoms with van der Waals surface area (Å²) in [6.45, 7) is 40.8. The third-order valence-corrected chi connectivity index (χ3v) is 17.7. The van der Waals surface area contributed by atoms with E-state index >= 15 is 0 Å². The maximum atomic E-state index is 12.3. The number of carbonyl (C=O) groups excluding carboxylic acids is 1. The topological polar surface area (TPSA) is 73.4 Å². The lowest BCUT2D eigenvalue weighted by molar-refractivity contribution is 0.0577. The Kier molecular flexibility index (Phi) is 28.3. The maximum absolute atomic E-state index is 12.3. The van der Waals surface area contributed by atoms with Crippen molar-refractivity contribution < 1.29 is 23.7 Å². The molecule has 8 aromatic carbocycles. The van der Waals surface area contributed by atoms with E-state index in [-0.39, 0.29) is 6.09 Å². The Hall–Kier alpha value is -8.10. The highest BCUT2D eigenvalue weighted by Crippen LogP contribution is 2.35. The van der Waals surface area contributed by atoms with Crippen LogP contribution in [0.2, 0.25) is 0 Å². The molecule has 0 N–H and O–H groups in total. The first-order valence-corrected chi connectivity index (χ1v) is 35.4. The smallest absolute Gasteiger partial charge is 0.414 e. The van der Waals surface area contributed by atoms with Gasteiger partial charge in [-0.15, -0.1) is 0 Å². The SMILES string of the molecule is CC(C)c1ccc2c(c1)CCCN2C.CC(C)c1ccc2c(c1)CCCN2C(=O)OC(C)(C)C.CC(C)c1ccc2c(c1)CCCO2.CC(C)c1ccc2c(c1)OCCO2.CC(C)c1ccc2ccccc2c1.CC(C)c1ccc2ncccc2c1.CC(C)c1ccccc1. The van der Waals surface area contributed by atoms with Crippen LogP contribution in [0.4, 0.5) is 16.2 Å². The monoisotopic (exact) mass is 1280 g/mol. The Morgan fingerprint density at radius 2 is 0.842 bits per heavy atom. The predicted octanol–water partition coefficient (Wildman–Crippen LogP) is 23.5. The number of carbonyl (C=O) groups is 1. The number of amides is 1. The fourth-order valence-electron chi connectivity index (χ4n) is 11.7. The number of fused-ring (bicyclic) bond motifs is 6. The molecule has 0 atom stereocenters. The van der Waals surface area contributed by atoms with Crippen LogP contribution in [0.25, 0.3) is 21.7 Å². The fourth-order valence-corrected chi connectivity index (χ4v) is 11.7. The largest absolute Gasteiger partial charge is 0.493 e. The van der Waals surface area contributed by atoms with Gasteiger partial charge in [-0.25, -0.2) is 4.79 Å². The van der Waals surface area contributed by atoms with Crippen LogP contribution in [-0.2, 0) is 24.0 Å². The van der Waals surface area contributed by atoms with Gasteiger partial charge in [-0.05, 0) is 216 Å². The summed E-state index contributed by atoms with van der Waals surface area (Å²) in [7, 11) is 2.19. The van der Waals surface area contributed by atoms with Gasteiger partial charge in [0.05, 0.1) is 17.8 Å². The van der Waals surface area contributed by atoms with E-state index in [0.717, 1.165) is 60.9 Å². The molecule has 1 amide bonds. The van der Waals surface area contributed by atoms with Crippen molar-refractivity contribution in [2.75, 3.05) is 49.8 Å². The number of anilines is 2. The number of aryl methyl sites for hydroxylation is 3. The number of nitrogens with zero attached hydrogens (tertiary/aromatic N) is 3. The standard InChI is InChI=1S/C17H25NO2.C13H19N.C13H14.C12H13N.C12H16O.C11H14O2.C9H12/c1-12(2)13-8-9-15-14(11-13)7-6-10-18(15)16(19)20-17(3,4)5;1-10(2)11-6-7-13-12(9-11)5-4-8-14(13)3;1-10(2)12-8-7-11-5-3-4-6-13(11)9-12;2*1-9(2)10-5-6-12-11(8-10)4-3-7-13-12;1-8(2)9-3-4-10-11(7-9)13-6-5-12-10;1-8(2)9-6-4-3-5-7-9/h8-9,11-12H,6-7,10H2,1-5H3;6-7,9-10H,4-5,8H2,1-3H3;3-10H,1-2H3;3-9H,1-2H3;5-6,8-9H,3-4,7H2,1-2H3;3-4,7-8H,5-6H2,1-2H3;3-8H,1-2H3. The van der Waals surface area contributed by atoms with Gasteiger partial charge >= 0.3 is 6.09 Å². The number of rotatable bonds is 7. The third kappa shape index (κ3) is 22.8. The lowest BCUT2D eigenvalue weighted by atomic mass is 9.95. The van der Waals surface area contributed by atoms with Crippen molar-refractivity contribution in [1.82, 2.24) is 4.98 Å². The van der Waals surface area contributed by atoms with Crippen LogP contribution in [-0.4, -0.2) is 56.6 Å². The van der Waals surface area contributed by atoms with Gasteiger partial charge in [0.25, 0.3) is 0 Å². The zero-order chi connectivity index (χ0) is 68.8. The Labute approximate surface area is 572 Å². The molecule has 13 rings (SSSR count). The van der Waals surface area contributed by atoms with Crippen LogP contribution < -0.4 is 24.0 Å². The van der Waals surface area contributed by atoms with E-state index in [2.05, 4.69) is 272 Å². The summed E-state index contributed by atoms with van der Waals surface area (Å²) in [5.41, 5.74) is 17.0. The normalized spacial score (nSPS) is 13.6. The average Bonchev–Trinajstić information content (AvgIpc) is 0.838. The summed E-state index contributed by atoms with van der Waals surface area (Å²) >= 11 is 0. The average molecular weight is 1280 g/mol. The van der Waals surface area contributed by atoms with Crippen LogP contribution in [0.1, 0.15) is 234 Å². The lowest BCUT2D eigenvalue weighted by Gasteiger charge is -2.32. The minimum absolute atomic E-state index is 0.240. The van der Waals surface area contributed by atoms with Crippen molar-refractivity contribution >= 4 is 39.1 Å². The number of hydrogen-bond acceptors (Lipinski definition) is 7. The van der Waals surface area contributed by atoms with E-state index in [1.54, 1.807) is 4.90 Å². The lowest BCUT2D eigenvalue weighted by Crippen LogP contribution is -2.39. The van der Waals surface area contributed by atoms with Crippen molar-refractivity contribution in [3.05, 3.63) is 238 Å². The summed E-state index contributed by atoms with van der Waals surface area (Å²) in [6, 6.07) is 62.3. The molecule has 0 unspecified atom stereocenters. The van der Waals surface area contributed by atoms with E-state index in [0.29, 0.717) is 54.6 Å². The quantitative estimate of drug-likeness (QED) is 0.157. The molecular formula is C87H113N3O5. The Balaban J connectivity index is 0.000000158. The molecule has 0 bridgehead atoms. The third-order valence-electron chi connectivity index (χ3n) is 17.7. The molecule has 1 aromatic heterocycles. The number of hydrogen-bond donors (Lipinski definition) is 0. The van der Waals surface area contributed by atoms with Crippen LogP contribution >= 0.6 is 0 Å². The van der Waals surface area contributed by atoms with E-state index in [4.69, 9.17) is 18.9 Å². The molecule has 5 heterocycles.